The summed E-state index contributed by atoms with van der Waals surface area (Å²) in [5, 5.41) is -0.0339. The maximum atomic E-state index is 12.8. The van der Waals surface area contributed by atoms with E-state index in [0.29, 0.717) is 12.8 Å². The summed E-state index contributed by atoms with van der Waals surface area (Å²) in [6.07, 6.45) is -1.66. The maximum absolute atomic E-state index is 12.8. The largest absolute Gasteiger partial charge is 0.416 e. The normalized spacial score (nSPS) is 25.5. The van der Waals surface area contributed by atoms with Crippen LogP contribution in [-0.4, -0.2) is 11.8 Å². The van der Waals surface area contributed by atoms with Gasteiger partial charge in [-0.1, -0.05) is 24.4 Å². The van der Waals surface area contributed by atoms with Crippen molar-refractivity contribution in [3.05, 3.63) is 28.8 Å². The van der Waals surface area contributed by atoms with E-state index in [4.69, 9.17) is 11.6 Å². The van der Waals surface area contributed by atoms with E-state index in [1.165, 1.54) is 0 Å². The minimum absolute atomic E-state index is 0.0339. The highest BCUT2D eigenvalue weighted by molar-refractivity contribution is 6.36. The Balaban J connectivity index is 2.03. The first-order valence-electron chi connectivity index (χ1n) is 7.05. The number of anilines is 1. The summed E-state index contributed by atoms with van der Waals surface area (Å²) in [6.45, 7) is 0. The number of nitrogens with zero attached hydrogens (tertiary/aromatic N) is 1. The van der Waals surface area contributed by atoms with E-state index in [1.807, 2.05) is 0 Å². The number of hydrogen-bond donors (Lipinski definition) is 0. The third-order valence-electron chi connectivity index (χ3n) is 4.36. The van der Waals surface area contributed by atoms with Crippen molar-refractivity contribution in [2.24, 2.45) is 11.8 Å². The van der Waals surface area contributed by atoms with Crippen molar-refractivity contribution in [2.45, 2.75) is 31.9 Å². The van der Waals surface area contributed by atoms with Gasteiger partial charge in [0.05, 0.1) is 28.1 Å². The Morgan fingerprint density at radius 1 is 1.05 bits per heavy atom. The Morgan fingerprint density at radius 3 is 2.09 bits per heavy atom. The fourth-order valence-corrected chi connectivity index (χ4v) is 3.46. The molecule has 3 nitrogen and oxygen atoms in total. The van der Waals surface area contributed by atoms with Gasteiger partial charge in [0.1, 0.15) is 0 Å². The Bertz CT molecular complexity index is 620. The van der Waals surface area contributed by atoms with Crippen LogP contribution in [0.5, 0.6) is 0 Å². The van der Waals surface area contributed by atoms with Crippen LogP contribution in [0.1, 0.15) is 31.2 Å². The quantitative estimate of drug-likeness (QED) is 0.728. The van der Waals surface area contributed by atoms with Gasteiger partial charge >= 0.3 is 6.18 Å². The van der Waals surface area contributed by atoms with Gasteiger partial charge in [-0.25, -0.2) is 4.90 Å². The maximum Gasteiger partial charge on any atom is 0.416 e. The number of amides is 2. The van der Waals surface area contributed by atoms with Crippen molar-refractivity contribution in [3.8, 4) is 0 Å². The first-order valence-corrected chi connectivity index (χ1v) is 7.43. The number of rotatable bonds is 1. The molecule has 0 radical (unpaired) electrons. The highest BCUT2D eigenvalue weighted by Gasteiger charge is 2.49. The predicted octanol–water partition coefficient (Wildman–Crippen LogP) is 4.04. The lowest BCUT2D eigenvalue weighted by Gasteiger charge is -2.19. The second kappa shape index (κ2) is 5.26. The van der Waals surface area contributed by atoms with Crippen LogP contribution in [0.4, 0.5) is 18.9 Å². The van der Waals surface area contributed by atoms with Crippen LogP contribution in [0, 0.1) is 11.8 Å². The minimum atomic E-state index is -4.56. The van der Waals surface area contributed by atoms with Crippen LogP contribution >= 0.6 is 11.6 Å². The van der Waals surface area contributed by atoms with Crippen molar-refractivity contribution in [2.75, 3.05) is 4.90 Å². The van der Waals surface area contributed by atoms with E-state index >= 15 is 0 Å². The second-order valence-corrected chi connectivity index (χ2v) is 6.08. The average molecular weight is 332 g/mol. The zero-order valence-electron chi connectivity index (χ0n) is 11.5. The molecular weight excluding hydrogens is 319 g/mol. The summed E-state index contributed by atoms with van der Waals surface area (Å²) < 4.78 is 38.5. The van der Waals surface area contributed by atoms with E-state index < -0.39 is 35.4 Å². The van der Waals surface area contributed by atoms with E-state index in [9.17, 15) is 22.8 Å². The van der Waals surface area contributed by atoms with Gasteiger partial charge in [-0.3, -0.25) is 9.59 Å². The zero-order valence-corrected chi connectivity index (χ0v) is 12.2. The highest BCUT2D eigenvalue weighted by Crippen LogP contribution is 2.43. The molecule has 1 aliphatic carbocycles. The Morgan fingerprint density at radius 2 is 1.59 bits per heavy atom. The van der Waals surface area contributed by atoms with Crippen molar-refractivity contribution >= 4 is 29.1 Å². The van der Waals surface area contributed by atoms with Gasteiger partial charge in [0, 0.05) is 0 Å². The molecule has 0 N–H and O–H groups in total. The van der Waals surface area contributed by atoms with Gasteiger partial charge in [-0.2, -0.15) is 13.2 Å². The Labute approximate surface area is 130 Å². The molecule has 2 atom stereocenters. The first-order chi connectivity index (χ1) is 10.3. The van der Waals surface area contributed by atoms with Crippen LogP contribution in [-0.2, 0) is 15.8 Å². The summed E-state index contributed by atoms with van der Waals surface area (Å²) >= 11 is 5.94. The number of fused-ring (bicyclic) bond motifs is 1. The van der Waals surface area contributed by atoms with Crippen molar-refractivity contribution in [1.29, 1.82) is 0 Å². The summed E-state index contributed by atoms with van der Waals surface area (Å²) in [7, 11) is 0. The van der Waals surface area contributed by atoms with Crippen LogP contribution < -0.4 is 4.90 Å². The summed E-state index contributed by atoms with van der Waals surface area (Å²) in [5.41, 5.74) is -1.09. The molecule has 2 fully saturated rings. The van der Waals surface area contributed by atoms with E-state index in [2.05, 4.69) is 0 Å². The Hall–Kier alpha value is -1.56. The molecule has 0 spiro atoms. The number of carbonyl (C=O) groups excluding carboxylic acids is 2. The fraction of sp³-hybridized carbons (Fsp3) is 0.467. The molecule has 1 aliphatic heterocycles. The number of hydrogen-bond acceptors (Lipinski definition) is 2. The first kappa shape index (κ1) is 15.3. The lowest BCUT2D eigenvalue weighted by atomic mass is 9.81. The number of halogens is 4. The monoisotopic (exact) mass is 331 g/mol. The molecule has 2 amide bonds. The second-order valence-electron chi connectivity index (χ2n) is 5.67. The third kappa shape index (κ3) is 2.39. The molecule has 1 heterocycles. The number of alkyl halides is 3. The highest BCUT2D eigenvalue weighted by atomic mass is 35.5. The molecule has 1 aromatic rings. The Kier molecular flexibility index (Phi) is 3.67. The number of benzene rings is 1. The third-order valence-corrected chi connectivity index (χ3v) is 4.68. The minimum Gasteiger partial charge on any atom is -0.274 e. The molecule has 0 aromatic heterocycles. The van der Waals surface area contributed by atoms with Crippen molar-refractivity contribution in [3.63, 3.8) is 0 Å². The van der Waals surface area contributed by atoms with Crippen molar-refractivity contribution in [1.82, 2.24) is 0 Å². The van der Waals surface area contributed by atoms with E-state index in [0.717, 1.165) is 35.9 Å². The van der Waals surface area contributed by atoms with E-state index in [1.54, 1.807) is 0 Å². The number of imide groups is 1. The average Bonchev–Trinajstić information content (AvgIpc) is 2.71. The molecule has 0 unspecified atom stereocenters. The molecule has 1 aromatic carbocycles. The molecule has 0 bridgehead atoms. The fourth-order valence-electron chi connectivity index (χ4n) is 3.26. The van der Waals surface area contributed by atoms with Crippen LogP contribution in [0.15, 0.2) is 18.2 Å². The molecule has 1 saturated carbocycles. The molecular formula is C15H13ClF3NO2. The van der Waals surface area contributed by atoms with Crippen LogP contribution in [0.2, 0.25) is 5.02 Å². The SMILES string of the molecule is O=C1[C@H]2CCCC[C@H]2C(=O)N1c1cc(C(F)(F)F)ccc1Cl. The van der Waals surface area contributed by atoms with Gasteiger partial charge in [-0.15, -0.1) is 0 Å². The molecule has 22 heavy (non-hydrogen) atoms. The van der Waals surface area contributed by atoms with Gasteiger partial charge in [0.25, 0.3) is 0 Å². The lowest BCUT2D eigenvalue weighted by molar-refractivity contribution is -0.137. The standard InChI is InChI=1S/C15H13ClF3NO2/c16-11-6-5-8(15(17,18)19)7-12(11)20-13(21)9-3-1-2-4-10(9)14(20)22/h5-7,9-10H,1-4H2/t9-,10+. The van der Waals surface area contributed by atoms with Gasteiger partial charge < -0.3 is 0 Å². The molecule has 118 valence electrons. The zero-order chi connectivity index (χ0) is 16.1. The summed E-state index contributed by atoms with van der Waals surface area (Å²) in [4.78, 5) is 25.7. The lowest BCUT2D eigenvalue weighted by Crippen LogP contribution is -2.31. The van der Waals surface area contributed by atoms with Crippen LogP contribution in [0.25, 0.3) is 0 Å². The topological polar surface area (TPSA) is 37.4 Å². The smallest absolute Gasteiger partial charge is 0.274 e. The molecule has 3 rings (SSSR count). The summed E-state index contributed by atoms with van der Waals surface area (Å²) in [6, 6.07) is 2.68. The van der Waals surface area contributed by atoms with Crippen LogP contribution in [0.3, 0.4) is 0 Å². The molecule has 1 saturated heterocycles. The predicted molar refractivity (Wildman–Crippen MR) is 74.4 cm³/mol. The van der Waals surface area contributed by atoms with Gasteiger partial charge in [0.15, 0.2) is 0 Å². The van der Waals surface area contributed by atoms with Gasteiger partial charge in [-0.05, 0) is 31.0 Å². The van der Waals surface area contributed by atoms with E-state index in [-0.39, 0.29) is 10.7 Å². The van der Waals surface area contributed by atoms with Crippen molar-refractivity contribution < 1.29 is 22.8 Å². The number of carbonyl (C=O) groups is 2. The van der Waals surface area contributed by atoms with Gasteiger partial charge in [0.2, 0.25) is 11.8 Å². The molecule has 7 heteroatoms. The summed E-state index contributed by atoms with van der Waals surface area (Å²) in [5.74, 6) is -1.72. The molecule has 2 aliphatic rings.